The Morgan fingerprint density at radius 1 is 1.23 bits per heavy atom. The number of allylic oxidation sites excluding steroid dienone is 4. The number of hydrogen-bond donors (Lipinski definition) is 0. The summed E-state index contributed by atoms with van der Waals surface area (Å²) in [5, 5.41) is 8.82. The number of hydrogen-bond acceptors (Lipinski definition) is 3. The third-order valence-corrected chi connectivity index (χ3v) is 4.10. The van der Waals surface area contributed by atoms with Crippen LogP contribution in [0.25, 0.3) is 5.57 Å². The topological polar surface area (TPSA) is 39.9 Å². The van der Waals surface area contributed by atoms with E-state index in [1.54, 1.807) is 6.20 Å². The Hall–Kier alpha value is -2.44. The van der Waals surface area contributed by atoms with Crippen LogP contribution in [0.3, 0.4) is 0 Å². The summed E-state index contributed by atoms with van der Waals surface area (Å²) >= 11 is 0. The lowest BCUT2D eigenvalue weighted by Crippen LogP contribution is -2.30. The minimum Gasteiger partial charge on any atom is -0.295 e. The van der Waals surface area contributed by atoms with Crippen molar-refractivity contribution >= 4 is 5.57 Å². The van der Waals surface area contributed by atoms with E-state index < -0.39 is 0 Å². The molecule has 0 bridgehead atoms. The van der Waals surface area contributed by atoms with Gasteiger partial charge in [-0.1, -0.05) is 43.4 Å². The summed E-state index contributed by atoms with van der Waals surface area (Å²) in [6.45, 7) is 11.2. The first kappa shape index (κ1) is 21.6. The molecule has 1 aliphatic heterocycles. The molecule has 26 heavy (non-hydrogen) atoms. The monoisotopic (exact) mass is 349 g/mol. The van der Waals surface area contributed by atoms with Crippen LogP contribution in [-0.2, 0) is 0 Å². The van der Waals surface area contributed by atoms with E-state index in [-0.39, 0.29) is 0 Å². The van der Waals surface area contributed by atoms with Gasteiger partial charge in [-0.2, -0.15) is 5.26 Å². The molecular weight excluding hydrogens is 318 g/mol. The van der Waals surface area contributed by atoms with Crippen molar-refractivity contribution in [2.24, 2.45) is 0 Å². The van der Waals surface area contributed by atoms with E-state index in [1.807, 2.05) is 38.1 Å². The fourth-order valence-corrected chi connectivity index (χ4v) is 2.66. The molecule has 0 N–H and O–H groups in total. The molecule has 0 aromatic carbocycles. The lowest BCUT2D eigenvalue weighted by Gasteiger charge is -2.26. The molecule has 0 unspecified atom stereocenters. The van der Waals surface area contributed by atoms with Gasteiger partial charge in [0.25, 0.3) is 0 Å². The van der Waals surface area contributed by atoms with Crippen molar-refractivity contribution in [1.29, 1.82) is 5.26 Å². The second-order valence-corrected chi connectivity index (χ2v) is 6.11. The Morgan fingerprint density at radius 3 is 2.46 bits per heavy atom. The maximum atomic E-state index is 8.82. The molecule has 0 amide bonds. The van der Waals surface area contributed by atoms with E-state index in [4.69, 9.17) is 5.26 Å². The predicted octanol–water partition coefficient (Wildman–Crippen LogP) is 5.54. The first-order valence-electron chi connectivity index (χ1n) is 9.35. The largest absolute Gasteiger partial charge is 0.295 e. The molecule has 1 aromatic rings. The van der Waals surface area contributed by atoms with Gasteiger partial charge in [-0.25, -0.2) is 0 Å². The maximum Gasteiger partial charge on any atom is 0.101 e. The highest BCUT2D eigenvalue weighted by Crippen LogP contribution is 2.21. The second-order valence-electron chi connectivity index (χ2n) is 6.11. The van der Waals surface area contributed by atoms with Gasteiger partial charge >= 0.3 is 0 Å². The zero-order valence-electron chi connectivity index (χ0n) is 16.6. The Balaban J connectivity index is 0.000000765. The Morgan fingerprint density at radius 2 is 2.00 bits per heavy atom. The third kappa shape index (κ3) is 7.63. The molecule has 0 saturated heterocycles. The molecule has 3 nitrogen and oxygen atoms in total. The first-order chi connectivity index (χ1) is 12.7. The summed E-state index contributed by atoms with van der Waals surface area (Å²) in [6.07, 6.45) is 16.6. The Bertz CT molecular complexity index is 681. The van der Waals surface area contributed by atoms with Crippen molar-refractivity contribution in [3.05, 3.63) is 71.6 Å². The zero-order valence-corrected chi connectivity index (χ0v) is 16.6. The standard InChI is InChI=1S/C19H23N3.C4H8/c1-3-5-16(6-4-2)15-22-11-9-18(10-12-22)19-8-7-17(13-20)14-21-19;1-3-4-2/h3,5-9,14H,4,10-12,15H2,1-2H3;3-4H,1-2H3/b5-3-,16-6+;4-3-. The van der Waals surface area contributed by atoms with Crippen LogP contribution in [0.15, 0.2) is 60.4 Å². The van der Waals surface area contributed by atoms with E-state index in [1.165, 1.54) is 11.1 Å². The first-order valence-corrected chi connectivity index (χ1v) is 9.35. The highest BCUT2D eigenvalue weighted by molar-refractivity contribution is 5.64. The fourth-order valence-electron chi connectivity index (χ4n) is 2.66. The average molecular weight is 350 g/mol. The molecule has 1 aromatic heterocycles. The molecule has 0 saturated carbocycles. The molecule has 1 aliphatic rings. The second kappa shape index (κ2) is 12.9. The van der Waals surface area contributed by atoms with Gasteiger partial charge in [0.1, 0.15) is 6.07 Å². The number of aromatic nitrogens is 1. The molecule has 2 heterocycles. The van der Waals surface area contributed by atoms with Crippen molar-refractivity contribution in [2.45, 2.75) is 40.5 Å². The van der Waals surface area contributed by atoms with Crippen molar-refractivity contribution in [1.82, 2.24) is 9.88 Å². The average Bonchev–Trinajstić information content (AvgIpc) is 2.69. The van der Waals surface area contributed by atoms with E-state index in [2.05, 4.69) is 54.1 Å². The lowest BCUT2D eigenvalue weighted by molar-refractivity contribution is 0.329. The summed E-state index contributed by atoms with van der Waals surface area (Å²) in [7, 11) is 0. The Kier molecular flexibility index (Phi) is 10.7. The fraction of sp³-hybridized carbons (Fsp3) is 0.391. The highest BCUT2D eigenvalue weighted by atomic mass is 15.1. The van der Waals surface area contributed by atoms with Crippen LogP contribution in [0.5, 0.6) is 0 Å². The van der Waals surface area contributed by atoms with E-state index in [0.717, 1.165) is 38.2 Å². The van der Waals surface area contributed by atoms with Gasteiger partial charge in [0.05, 0.1) is 11.3 Å². The van der Waals surface area contributed by atoms with Crippen molar-refractivity contribution < 1.29 is 0 Å². The smallest absolute Gasteiger partial charge is 0.101 e. The number of pyridine rings is 1. The molecular formula is C23H31N3. The van der Waals surface area contributed by atoms with Crippen LogP contribution < -0.4 is 0 Å². The minimum absolute atomic E-state index is 0.613. The van der Waals surface area contributed by atoms with E-state index >= 15 is 0 Å². The summed E-state index contributed by atoms with van der Waals surface area (Å²) in [5.41, 5.74) is 4.28. The molecule has 0 radical (unpaired) electrons. The molecule has 0 atom stereocenters. The highest BCUT2D eigenvalue weighted by Gasteiger charge is 2.14. The van der Waals surface area contributed by atoms with Crippen LogP contribution in [0.4, 0.5) is 0 Å². The van der Waals surface area contributed by atoms with Crippen LogP contribution in [-0.4, -0.2) is 29.5 Å². The SMILES string of the molecule is C/C=C\C.C/C=C\C(=C/CC)CN1CC=C(c2ccc(C#N)cn2)CC1. The Labute approximate surface area is 159 Å². The summed E-state index contributed by atoms with van der Waals surface area (Å²) in [5.74, 6) is 0. The number of nitriles is 1. The van der Waals surface area contributed by atoms with Crippen LogP contribution in [0.2, 0.25) is 0 Å². The third-order valence-electron chi connectivity index (χ3n) is 4.10. The summed E-state index contributed by atoms with van der Waals surface area (Å²) in [6, 6.07) is 5.89. The van der Waals surface area contributed by atoms with E-state index in [0.29, 0.717) is 5.56 Å². The summed E-state index contributed by atoms with van der Waals surface area (Å²) in [4.78, 5) is 6.84. The van der Waals surface area contributed by atoms with Crippen LogP contribution in [0, 0.1) is 11.3 Å². The quantitative estimate of drug-likeness (QED) is 0.518. The maximum absolute atomic E-state index is 8.82. The van der Waals surface area contributed by atoms with Crippen LogP contribution >= 0.6 is 0 Å². The van der Waals surface area contributed by atoms with Gasteiger partial charge in [0, 0.05) is 25.8 Å². The molecule has 138 valence electrons. The minimum atomic E-state index is 0.613. The van der Waals surface area contributed by atoms with Crippen molar-refractivity contribution in [3.63, 3.8) is 0 Å². The van der Waals surface area contributed by atoms with Crippen molar-refractivity contribution in [2.75, 3.05) is 19.6 Å². The van der Waals surface area contributed by atoms with Gasteiger partial charge in [-0.3, -0.25) is 9.88 Å². The van der Waals surface area contributed by atoms with Gasteiger partial charge in [0.15, 0.2) is 0 Å². The molecule has 0 spiro atoms. The van der Waals surface area contributed by atoms with Gasteiger partial charge in [0.2, 0.25) is 0 Å². The number of rotatable bonds is 5. The zero-order chi connectivity index (χ0) is 19.2. The molecule has 0 aliphatic carbocycles. The molecule has 3 heteroatoms. The van der Waals surface area contributed by atoms with Crippen molar-refractivity contribution in [3.8, 4) is 6.07 Å². The van der Waals surface area contributed by atoms with Crippen LogP contribution in [0.1, 0.15) is 51.8 Å². The number of nitrogens with zero attached hydrogens (tertiary/aromatic N) is 3. The van der Waals surface area contributed by atoms with Gasteiger partial charge in [-0.05, 0) is 56.9 Å². The summed E-state index contributed by atoms with van der Waals surface area (Å²) < 4.78 is 0. The van der Waals surface area contributed by atoms with Gasteiger partial charge < -0.3 is 0 Å². The van der Waals surface area contributed by atoms with Gasteiger partial charge in [-0.15, -0.1) is 0 Å². The lowest BCUT2D eigenvalue weighted by atomic mass is 10.0. The van der Waals surface area contributed by atoms with E-state index in [9.17, 15) is 0 Å². The molecule has 2 rings (SSSR count). The molecule has 0 fully saturated rings. The normalized spacial score (nSPS) is 15.5. The predicted molar refractivity (Wildman–Crippen MR) is 112 cm³/mol.